The van der Waals surface area contributed by atoms with Gasteiger partial charge in [0.1, 0.15) is 13.1 Å². The molecule has 0 aromatic rings. The number of amides is 2. The molecule has 18 heavy (non-hydrogen) atoms. The van der Waals surface area contributed by atoms with Gasteiger partial charge in [-0.15, -0.1) is 0 Å². The number of nitrogens with zero attached hydrogens (tertiary/aromatic N) is 2. The summed E-state index contributed by atoms with van der Waals surface area (Å²) < 4.78 is 37.1. The highest BCUT2D eigenvalue weighted by atomic mass is 19.4. The average Bonchev–Trinajstić information content (AvgIpc) is 2.93. The van der Waals surface area contributed by atoms with Crippen LogP contribution < -0.4 is 5.73 Å². The number of carbonyl (C=O) groups is 2. The highest BCUT2D eigenvalue weighted by Crippen LogP contribution is 2.34. The summed E-state index contributed by atoms with van der Waals surface area (Å²) >= 11 is 0. The third kappa shape index (κ3) is 3.86. The van der Waals surface area contributed by atoms with Crippen molar-refractivity contribution in [3.8, 4) is 0 Å². The second-order valence-corrected chi connectivity index (χ2v) is 4.72. The average molecular weight is 267 g/mol. The topological polar surface area (TPSA) is 66.6 Å². The highest BCUT2D eigenvalue weighted by Gasteiger charge is 2.50. The Morgan fingerprint density at radius 3 is 2.11 bits per heavy atom. The van der Waals surface area contributed by atoms with E-state index in [-0.39, 0.29) is 0 Å². The van der Waals surface area contributed by atoms with Crippen molar-refractivity contribution in [3.05, 3.63) is 0 Å². The van der Waals surface area contributed by atoms with Crippen LogP contribution in [0.25, 0.3) is 0 Å². The van der Waals surface area contributed by atoms with Crippen LogP contribution in [0.15, 0.2) is 0 Å². The summed E-state index contributed by atoms with van der Waals surface area (Å²) in [5, 5.41) is 0. The van der Waals surface area contributed by atoms with Crippen LogP contribution in [-0.2, 0) is 9.59 Å². The number of alkyl halides is 3. The van der Waals surface area contributed by atoms with Crippen LogP contribution in [0.3, 0.4) is 0 Å². The predicted octanol–water partition coefficient (Wildman–Crippen LogP) is -0.0432. The molecule has 0 spiro atoms. The minimum Gasteiger partial charge on any atom is -0.347 e. The molecule has 0 atom stereocenters. The van der Waals surface area contributed by atoms with E-state index in [1.165, 1.54) is 14.1 Å². The third-order valence-corrected chi connectivity index (χ3v) is 2.70. The lowest BCUT2D eigenvalue weighted by molar-refractivity contribution is -0.165. The summed E-state index contributed by atoms with van der Waals surface area (Å²) in [6.45, 7) is -2.06. The second kappa shape index (κ2) is 4.75. The molecule has 1 saturated carbocycles. The maximum Gasteiger partial charge on any atom is 0.406 e. The Balaban J connectivity index is 2.75. The molecule has 2 N–H and O–H groups in total. The van der Waals surface area contributed by atoms with Crippen molar-refractivity contribution in [1.82, 2.24) is 9.80 Å². The van der Waals surface area contributed by atoms with E-state index in [0.717, 1.165) is 4.90 Å². The Morgan fingerprint density at radius 1 is 1.28 bits per heavy atom. The summed E-state index contributed by atoms with van der Waals surface area (Å²) in [5.41, 5.74) is 4.37. The largest absolute Gasteiger partial charge is 0.406 e. The quantitative estimate of drug-likeness (QED) is 0.777. The standard InChI is InChI=1S/C10H16F3N3O2/c1-15(2)7(17)5-16(6-10(11,12)13)8(18)9(14)3-4-9/h3-6,14H2,1-2H3. The molecule has 104 valence electrons. The van der Waals surface area contributed by atoms with Gasteiger partial charge in [-0.25, -0.2) is 0 Å². The van der Waals surface area contributed by atoms with Gasteiger partial charge in [0, 0.05) is 14.1 Å². The first-order chi connectivity index (χ1) is 8.05. The molecule has 2 amide bonds. The molecule has 5 nitrogen and oxygen atoms in total. The van der Waals surface area contributed by atoms with Crippen LogP contribution in [0.5, 0.6) is 0 Å². The minimum atomic E-state index is -4.55. The van der Waals surface area contributed by atoms with Crippen molar-refractivity contribution in [1.29, 1.82) is 0 Å². The molecule has 8 heteroatoms. The summed E-state index contributed by atoms with van der Waals surface area (Å²) in [6.07, 6.45) is -3.83. The van der Waals surface area contributed by atoms with Crippen molar-refractivity contribution >= 4 is 11.8 Å². The Hall–Kier alpha value is -1.31. The van der Waals surface area contributed by atoms with Crippen LogP contribution in [0.4, 0.5) is 13.2 Å². The molecule has 1 aliphatic rings. The predicted molar refractivity (Wildman–Crippen MR) is 57.5 cm³/mol. The van der Waals surface area contributed by atoms with Crippen LogP contribution in [0, 0.1) is 0 Å². The van der Waals surface area contributed by atoms with Gasteiger partial charge in [-0.2, -0.15) is 13.2 Å². The third-order valence-electron chi connectivity index (χ3n) is 2.70. The van der Waals surface area contributed by atoms with E-state index in [2.05, 4.69) is 0 Å². The number of likely N-dealkylation sites (N-methyl/N-ethyl adjacent to an activating group) is 1. The molecule has 0 aromatic heterocycles. The molecular formula is C10H16F3N3O2. The fourth-order valence-corrected chi connectivity index (χ4v) is 1.38. The van der Waals surface area contributed by atoms with Gasteiger partial charge in [0.2, 0.25) is 11.8 Å². The second-order valence-electron chi connectivity index (χ2n) is 4.72. The van der Waals surface area contributed by atoms with Crippen LogP contribution >= 0.6 is 0 Å². The van der Waals surface area contributed by atoms with Gasteiger partial charge in [-0.1, -0.05) is 0 Å². The number of rotatable bonds is 4. The first-order valence-electron chi connectivity index (χ1n) is 5.40. The van der Waals surface area contributed by atoms with Crippen molar-refractivity contribution in [3.63, 3.8) is 0 Å². The lowest BCUT2D eigenvalue weighted by atomic mass is 10.2. The molecule has 0 bridgehead atoms. The van der Waals surface area contributed by atoms with Gasteiger partial charge in [-0.3, -0.25) is 9.59 Å². The van der Waals surface area contributed by atoms with Gasteiger partial charge >= 0.3 is 6.18 Å². The van der Waals surface area contributed by atoms with Crippen molar-refractivity contribution in [2.24, 2.45) is 5.73 Å². The molecule has 0 aliphatic heterocycles. The molecule has 0 heterocycles. The number of halogens is 3. The fraction of sp³-hybridized carbons (Fsp3) is 0.800. The molecular weight excluding hydrogens is 251 g/mol. The number of hydrogen-bond acceptors (Lipinski definition) is 3. The SMILES string of the molecule is CN(C)C(=O)CN(CC(F)(F)F)C(=O)C1(N)CC1. The summed E-state index contributed by atoms with van der Waals surface area (Å²) in [7, 11) is 2.82. The van der Waals surface area contributed by atoms with E-state index in [1.807, 2.05) is 0 Å². The molecule has 0 unspecified atom stereocenters. The Kier molecular flexibility index (Phi) is 3.89. The van der Waals surface area contributed by atoms with Crippen LogP contribution in [-0.4, -0.2) is 60.5 Å². The first kappa shape index (κ1) is 14.7. The van der Waals surface area contributed by atoms with Crippen molar-refractivity contribution in [2.75, 3.05) is 27.2 Å². The summed E-state index contributed by atoms with van der Waals surface area (Å²) in [6, 6.07) is 0. The normalized spacial score (nSPS) is 17.2. The van der Waals surface area contributed by atoms with E-state index in [1.54, 1.807) is 0 Å². The number of carbonyl (C=O) groups excluding carboxylic acids is 2. The highest BCUT2D eigenvalue weighted by molar-refractivity contribution is 5.92. The summed E-state index contributed by atoms with van der Waals surface area (Å²) in [5.74, 6) is -1.38. The van der Waals surface area contributed by atoms with Gasteiger partial charge in [0.05, 0.1) is 5.54 Å². The molecule has 1 rings (SSSR count). The monoisotopic (exact) mass is 267 g/mol. The first-order valence-corrected chi connectivity index (χ1v) is 5.40. The molecule has 0 aromatic carbocycles. The summed E-state index contributed by atoms with van der Waals surface area (Å²) in [4.78, 5) is 24.8. The lowest BCUT2D eigenvalue weighted by Gasteiger charge is -2.27. The van der Waals surface area contributed by atoms with E-state index in [4.69, 9.17) is 5.73 Å². The number of hydrogen-bond donors (Lipinski definition) is 1. The maximum absolute atomic E-state index is 12.4. The Labute approximate surface area is 103 Å². The fourth-order valence-electron chi connectivity index (χ4n) is 1.38. The molecule has 0 radical (unpaired) electrons. The van der Waals surface area contributed by atoms with Gasteiger partial charge in [0.15, 0.2) is 0 Å². The molecule has 0 saturated heterocycles. The van der Waals surface area contributed by atoms with E-state index in [0.29, 0.717) is 17.7 Å². The number of nitrogens with two attached hydrogens (primary N) is 1. The Bertz CT molecular complexity index is 351. The zero-order chi connectivity index (χ0) is 14.1. The van der Waals surface area contributed by atoms with Crippen LogP contribution in [0.1, 0.15) is 12.8 Å². The van der Waals surface area contributed by atoms with E-state index in [9.17, 15) is 22.8 Å². The maximum atomic E-state index is 12.4. The minimum absolute atomic E-state index is 0.357. The van der Waals surface area contributed by atoms with Gasteiger partial charge in [-0.05, 0) is 12.8 Å². The van der Waals surface area contributed by atoms with Crippen molar-refractivity contribution in [2.45, 2.75) is 24.6 Å². The van der Waals surface area contributed by atoms with Crippen molar-refractivity contribution < 1.29 is 22.8 Å². The molecule has 1 aliphatic carbocycles. The smallest absolute Gasteiger partial charge is 0.347 e. The Morgan fingerprint density at radius 2 is 1.78 bits per heavy atom. The zero-order valence-corrected chi connectivity index (χ0v) is 10.3. The van der Waals surface area contributed by atoms with Crippen LogP contribution in [0.2, 0.25) is 0 Å². The lowest BCUT2D eigenvalue weighted by Crippen LogP contribution is -2.52. The zero-order valence-electron chi connectivity index (χ0n) is 10.3. The van der Waals surface area contributed by atoms with Gasteiger partial charge in [0.25, 0.3) is 0 Å². The van der Waals surface area contributed by atoms with E-state index < -0.39 is 36.6 Å². The van der Waals surface area contributed by atoms with Gasteiger partial charge < -0.3 is 15.5 Å². The molecule has 1 fully saturated rings. The van der Waals surface area contributed by atoms with E-state index >= 15 is 0 Å².